The Kier molecular flexibility index (Phi) is 10.2. The van der Waals surface area contributed by atoms with E-state index in [2.05, 4.69) is 286 Å². The van der Waals surface area contributed by atoms with E-state index in [1.807, 2.05) is 0 Å². The number of hydrogen-bond donors (Lipinski definition) is 0. The highest BCUT2D eigenvalue weighted by Gasteiger charge is 2.21. The lowest BCUT2D eigenvalue weighted by atomic mass is 10.0. The molecule has 10 aromatic carbocycles. The van der Waals surface area contributed by atoms with Gasteiger partial charge in [0.05, 0.1) is 16.7 Å². The molecule has 1 aromatic heterocycles. The second-order valence-electron chi connectivity index (χ2n) is 15.8. The molecule has 0 N–H and O–H groups in total. The largest absolute Gasteiger partial charge is 0.311 e. The average molecular weight is 821 g/mol. The first kappa shape index (κ1) is 38.3. The van der Waals surface area contributed by atoms with Crippen LogP contribution in [-0.2, 0) is 0 Å². The first-order chi connectivity index (χ1) is 31.8. The van der Waals surface area contributed by atoms with E-state index in [0.717, 1.165) is 79.0 Å². The number of rotatable bonds is 11. The van der Waals surface area contributed by atoms with E-state index < -0.39 is 0 Å². The van der Waals surface area contributed by atoms with Gasteiger partial charge in [-0.1, -0.05) is 140 Å². The Morgan fingerprint density at radius 2 is 0.594 bits per heavy atom. The van der Waals surface area contributed by atoms with Crippen LogP contribution < -0.4 is 14.7 Å². The van der Waals surface area contributed by atoms with Gasteiger partial charge in [0.15, 0.2) is 0 Å². The van der Waals surface area contributed by atoms with Crippen molar-refractivity contribution >= 4 is 73.0 Å². The second kappa shape index (κ2) is 17.0. The number of para-hydroxylation sites is 7. The van der Waals surface area contributed by atoms with Crippen molar-refractivity contribution in [2.24, 2.45) is 0 Å². The Bertz CT molecular complexity index is 3230. The van der Waals surface area contributed by atoms with Gasteiger partial charge in [0.25, 0.3) is 0 Å². The van der Waals surface area contributed by atoms with E-state index in [1.165, 1.54) is 10.8 Å². The van der Waals surface area contributed by atoms with E-state index in [-0.39, 0.29) is 0 Å². The minimum Gasteiger partial charge on any atom is -0.311 e. The van der Waals surface area contributed by atoms with Crippen LogP contribution in [0.4, 0.5) is 51.2 Å². The van der Waals surface area contributed by atoms with E-state index in [4.69, 9.17) is 0 Å². The van der Waals surface area contributed by atoms with Crippen molar-refractivity contribution < 1.29 is 0 Å². The van der Waals surface area contributed by atoms with Crippen LogP contribution in [0, 0.1) is 0 Å². The van der Waals surface area contributed by atoms with Crippen LogP contribution in [0.2, 0.25) is 0 Å². The van der Waals surface area contributed by atoms with Crippen molar-refractivity contribution in [2.75, 3.05) is 14.7 Å². The lowest BCUT2D eigenvalue weighted by molar-refractivity contribution is 1.18. The molecule has 0 amide bonds. The first-order valence-electron chi connectivity index (χ1n) is 21.8. The van der Waals surface area contributed by atoms with Gasteiger partial charge in [0.1, 0.15) is 0 Å². The summed E-state index contributed by atoms with van der Waals surface area (Å²) in [4.78, 5) is 6.98. The highest BCUT2D eigenvalue weighted by molar-refractivity contribution is 6.11. The van der Waals surface area contributed by atoms with Gasteiger partial charge < -0.3 is 19.3 Å². The average Bonchev–Trinajstić information content (AvgIpc) is 3.70. The summed E-state index contributed by atoms with van der Waals surface area (Å²) < 4.78 is 2.44. The molecule has 0 spiro atoms. The molecule has 11 rings (SSSR count). The number of benzene rings is 10. The van der Waals surface area contributed by atoms with Crippen molar-refractivity contribution in [2.45, 2.75) is 0 Å². The van der Waals surface area contributed by atoms with E-state index in [0.29, 0.717) is 0 Å². The summed E-state index contributed by atoms with van der Waals surface area (Å²) in [5.74, 6) is 0. The molecule has 0 aliphatic heterocycles. The third-order valence-corrected chi connectivity index (χ3v) is 11.9. The van der Waals surface area contributed by atoms with Crippen molar-refractivity contribution in [1.82, 2.24) is 4.57 Å². The van der Waals surface area contributed by atoms with Gasteiger partial charge in [-0.25, -0.2) is 0 Å². The summed E-state index contributed by atoms with van der Waals surface area (Å²) in [6.45, 7) is 0. The molecule has 0 saturated carbocycles. The molecule has 64 heavy (non-hydrogen) atoms. The van der Waals surface area contributed by atoms with Crippen molar-refractivity contribution in [1.29, 1.82) is 0 Å². The normalized spacial score (nSPS) is 11.1. The van der Waals surface area contributed by atoms with Crippen LogP contribution in [0.15, 0.2) is 267 Å². The lowest BCUT2D eigenvalue weighted by Crippen LogP contribution is -2.12. The zero-order chi connectivity index (χ0) is 42.7. The van der Waals surface area contributed by atoms with Crippen LogP contribution >= 0.6 is 0 Å². The van der Waals surface area contributed by atoms with Crippen LogP contribution in [0.1, 0.15) is 0 Å². The number of fused-ring (bicyclic) bond motifs is 3. The van der Waals surface area contributed by atoms with Crippen LogP contribution in [0.25, 0.3) is 38.6 Å². The standard InChI is InChI=1S/C60H44N4/c1-6-22-46(23-7-1)61(47-24-8-2-9-25-47)51-37-39-52(40-38-51)63(50-30-14-5-15-31-50)53-32-20-21-45(43-53)55-33-16-18-35-58(55)64-59-36-19-17-34-56(59)57-44-54(41-42-60(57)64)62(48-26-10-3-11-27-48)49-28-12-4-13-29-49/h1-44H. The van der Waals surface area contributed by atoms with Crippen LogP contribution in [-0.4, -0.2) is 4.57 Å². The highest BCUT2D eigenvalue weighted by atomic mass is 15.2. The molecule has 0 fully saturated rings. The maximum atomic E-state index is 2.44. The summed E-state index contributed by atoms with van der Waals surface area (Å²) in [7, 11) is 0. The van der Waals surface area contributed by atoms with Gasteiger partial charge in [-0.15, -0.1) is 0 Å². The Balaban J connectivity index is 1.01. The van der Waals surface area contributed by atoms with E-state index in [1.54, 1.807) is 0 Å². The SMILES string of the molecule is c1ccc(N(c2ccccc2)c2ccc(N(c3ccccc3)c3cccc(-c4ccccc4-n4c5ccccc5c5cc(N(c6ccccc6)c6ccccc6)ccc54)c3)cc2)cc1. The molecule has 11 aromatic rings. The minimum atomic E-state index is 1.07. The predicted molar refractivity (Wildman–Crippen MR) is 270 cm³/mol. The van der Waals surface area contributed by atoms with Crippen molar-refractivity contribution in [3.8, 4) is 16.8 Å². The van der Waals surface area contributed by atoms with Gasteiger partial charge >= 0.3 is 0 Å². The summed E-state index contributed by atoms with van der Waals surface area (Å²) in [5, 5.41) is 2.41. The molecular formula is C60H44N4. The van der Waals surface area contributed by atoms with Crippen LogP contribution in [0.3, 0.4) is 0 Å². The monoisotopic (exact) mass is 820 g/mol. The van der Waals surface area contributed by atoms with Crippen molar-refractivity contribution in [3.63, 3.8) is 0 Å². The molecule has 0 unspecified atom stereocenters. The minimum absolute atomic E-state index is 1.07. The van der Waals surface area contributed by atoms with Gasteiger partial charge in [0, 0.05) is 67.5 Å². The van der Waals surface area contributed by atoms with E-state index >= 15 is 0 Å². The maximum absolute atomic E-state index is 2.44. The number of nitrogens with zero attached hydrogens (tertiary/aromatic N) is 4. The molecule has 0 aliphatic rings. The zero-order valence-corrected chi connectivity index (χ0v) is 35.2. The summed E-state index contributed by atoms with van der Waals surface area (Å²) in [6.07, 6.45) is 0. The molecule has 4 nitrogen and oxygen atoms in total. The fourth-order valence-corrected chi connectivity index (χ4v) is 9.06. The topological polar surface area (TPSA) is 14.7 Å². The third-order valence-electron chi connectivity index (χ3n) is 11.9. The van der Waals surface area contributed by atoms with E-state index in [9.17, 15) is 0 Å². The second-order valence-corrected chi connectivity index (χ2v) is 15.8. The zero-order valence-electron chi connectivity index (χ0n) is 35.2. The third kappa shape index (κ3) is 7.23. The Labute approximate surface area is 374 Å². The quantitative estimate of drug-likeness (QED) is 0.129. The smallest absolute Gasteiger partial charge is 0.0542 e. The molecule has 0 radical (unpaired) electrons. The Hall–Kier alpha value is -8.60. The number of hydrogen-bond acceptors (Lipinski definition) is 3. The number of anilines is 9. The molecular weight excluding hydrogens is 777 g/mol. The Morgan fingerprint density at radius 1 is 0.234 bits per heavy atom. The van der Waals surface area contributed by atoms with Gasteiger partial charge in [0.2, 0.25) is 0 Å². The molecule has 0 bridgehead atoms. The fraction of sp³-hybridized carbons (Fsp3) is 0. The fourth-order valence-electron chi connectivity index (χ4n) is 9.06. The molecule has 0 atom stereocenters. The predicted octanol–water partition coefficient (Wildman–Crippen LogP) is 16.9. The van der Waals surface area contributed by atoms with Gasteiger partial charge in [-0.3, -0.25) is 0 Å². The first-order valence-corrected chi connectivity index (χ1v) is 21.8. The summed E-state index contributed by atoms with van der Waals surface area (Å²) in [6, 6.07) is 95.3. The molecule has 0 aliphatic carbocycles. The summed E-state index contributed by atoms with van der Waals surface area (Å²) in [5.41, 5.74) is 15.6. The van der Waals surface area contributed by atoms with Crippen LogP contribution in [0.5, 0.6) is 0 Å². The van der Waals surface area contributed by atoms with Gasteiger partial charge in [-0.05, 0) is 133 Å². The molecule has 0 saturated heterocycles. The van der Waals surface area contributed by atoms with Crippen molar-refractivity contribution in [3.05, 3.63) is 267 Å². The molecule has 1 heterocycles. The lowest BCUT2D eigenvalue weighted by Gasteiger charge is -2.28. The Morgan fingerprint density at radius 3 is 1.11 bits per heavy atom. The maximum Gasteiger partial charge on any atom is 0.0542 e. The highest BCUT2D eigenvalue weighted by Crippen LogP contribution is 2.43. The molecule has 4 heteroatoms. The number of aromatic nitrogens is 1. The van der Waals surface area contributed by atoms with Gasteiger partial charge in [-0.2, -0.15) is 0 Å². The summed E-state index contributed by atoms with van der Waals surface area (Å²) >= 11 is 0. The molecule has 304 valence electrons.